The Hall–Kier alpha value is -3.02. The highest BCUT2D eigenvalue weighted by atomic mass is 16.3. The van der Waals surface area contributed by atoms with E-state index in [1.165, 1.54) is 10.9 Å². The van der Waals surface area contributed by atoms with Gasteiger partial charge in [0.15, 0.2) is 0 Å². The number of aromatic nitrogens is 1. The van der Waals surface area contributed by atoms with Crippen molar-refractivity contribution < 1.29 is 14.0 Å². The molecule has 0 aliphatic carbocycles. The number of likely N-dealkylation sites (tertiary alicyclic amines) is 1. The Morgan fingerprint density at radius 2 is 2.07 bits per heavy atom. The van der Waals surface area contributed by atoms with E-state index < -0.39 is 0 Å². The van der Waals surface area contributed by atoms with Gasteiger partial charge in [-0.1, -0.05) is 18.2 Å². The highest BCUT2D eigenvalue weighted by Gasteiger charge is 2.34. The summed E-state index contributed by atoms with van der Waals surface area (Å²) in [5.41, 5.74) is 1.21. The van der Waals surface area contributed by atoms with Crippen molar-refractivity contribution in [2.24, 2.45) is 5.92 Å². The topological polar surface area (TPSA) is 67.5 Å². The zero-order chi connectivity index (χ0) is 18.6. The molecule has 4 rings (SSSR count). The van der Waals surface area contributed by atoms with Crippen molar-refractivity contribution in [1.29, 1.82) is 0 Å². The summed E-state index contributed by atoms with van der Waals surface area (Å²) in [5.74, 6) is 0.427. The van der Waals surface area contributed by atoms with E-state index in [0.29, 0.717) is 19.6 Å². The molecule has 0 bridgehead atoms. The zero-order valence-electron chi connectivity index (χ0n) is 15.1. The molecule has 2 aromatic heterocycles. The number of rotatable bonds is 7. The minimum Gasteiger partial charge on any atom is -0.467 e. The van der Waals surface area contributed by atoms with Crippen LogP contribution in [0.3, 0.4) is 0 Å². The molecule has 1 aliphatic rings. The number of nitrogens with zero attached hydrogens (tertiary/aromatic N) is 2. The fourth-order valence-electron chi connectivity index (χ4n) is 3.63. The Kier molecular flexibility index (Phi) is 4.96. The normalized spacial score (nSPS) is 17.0. The first-order chi connectivity index (χ1) is 13.2. The molecule has 3 aromatic rings. The van der Waals surface area contributed by atoms with Gasteiger partial charge < -0.3 is 19.2 Å². The van der Waals surface area contributed by atoms with Crippen molar-refractivity contribution in [2.75, 3.05) is 13.1 Å². The van der Waals surface area contributed by atoms with Crippen molar-refractivity contribution in [3.8, 4) is 0 Å². The van der Waals surface area contributed by atoms with E-state index in [0.717, 1.165) is 18.7 Å². The Morgan fingerprint density at radius 1 is 1.19 bits per heavy atom. The molecule has 1 fully saturated rings. The van der Waals surface area contributed by atoms with Crippen molar-refractivity contribution >= 4 is 22.7 Å². The summed E-state index contributed by atoms with van der Waals surface area (Å²) in [6, 6.07) is 14.0. The van der Waals surface area contributed by atoms with E-state index in [-0.39, 0.29) is 24.2 Å². The highest BCUT2D eigenvalue weighted by Crippen LogP contribution is 2.20. The lowest BCUT2D eigenvalue weighted by atomic mass is 10.1. The lowest BCUT2D eigenvalue weighted by Crippen LogP contribution is -2.33. The standard InChI is InChI=1S/C21H23N3O3/c25-20-13-17(14-24(20)15-18-6-3-12-27-18)21(26)22-9-4-10-23-11-8-16-5-1-2-7-19(16)23/h1-3,5-8,11-12,17H,4,9-10,13-15H2,(H,22,26). The van der Waals surface area contributed by atoms with Crippen molar-refractivity contribution in [2.45, 2.75) is 25.9 Å². The average Bonchev–Trinajstić information content (AvgIpc) is 3.40. The summed E-state index contributed by atoms with van der Waals surface area (Å²) < 4.78 is 7.49. The number of carbonyl (C=O) groups excluding carboxylic acids is 2. The fraction of sp³-hybridized carbons (Fsp3) is 0.333. The average molecular weight is 365 g/mol. The van der Waals surface area contributed by atoms with E-state index >= 15 is 0 Å². The third-order valence-corrected chi connectivity index (χ3v) is 5.07. The van der Waals surface area contributed by atoms with E-state index in [4.69, 9.17) is 4.42 Å². The number of hydrogen-bond acceptors (Lipinski definition) is 3. The first kappa shape index (κ1) is 17.4. The van der Waals surface area contributed by atoms with Crippen molar-refractivity contribution in [3.05, 3.63) is 60.7 Å². The SMILES string of the molecule is O=C(NCCCn1ccc2ccccc21)C1CC(=O)N(Cc2ccco2)C1. The van der Waals surface area contributed by atoms with Crippen LogP contribution in [0.25, 0.3) is 10.9 Å². The van der Waals surface area contributed by atoms with Crippen LogP contribution in [0.4, 0.5) is 0 Å². The number of amides is 2. The van der Waals surface area contributed by atoms with E-state index in [2.05, 4.69) is 34.3 Å². The number of fused-ring (bicyclic) bond motifs is 1. The molecule has 140 valence electrons. The number of carbonyl (C=O) groups is 2. The predicted molar refractivity (Wildman–Crippen MR) is 102 cm³/mol. The smallest absolute Gasteiger partial charge is 0.225 e. The summed E-state index contributed by atoms with van der Waals surface area (Å²) in [4.78, 5) is 26.2. The van der Waals surface area contributed by atoms with Crippen LogP contribution >= 0.6 is 0 Å². The summed E-state index contributed by atoms with van der Waals surface area (Å²) in [5, 5.41) is 4.21. The quantitative estimate of drug-likeness (QED) is 0.655. The van der Waals surface area contributed by atoms with Gasteiger partial charge in [0.25, 0.3) is 0 Å². The van der Waals surface area contributed by atoms with Gasteiger partial charge >= 0.3 is 0 Å². The van der Waals surface area contributed by atoms with Gasteiger partial charge in [-0.25, -0.2) is 0 Å². The van der Waals surface area contributed by atoms with Crippen LogP contribution in [0, 0.1) is 5.92 Å². The van der Waals surface area contributed by atoms with Gasteiger partial charge in [-0.2, -0.15) is 0 Å². The van der Waals surface area contributed by atoms with Gasteiger partial charge in [-0.05, 0) is 36.1 Å². The van der Waals surface area contributed by atoms with Gasteiger partial charge in [-0.3, -0.25) is 9.59 Å². The number of furan rings is 1. The van der Waals surface area contributed by atoms with E-state index in [1.54, 1.807) is 17.2 Å². The summed E-state index contributed by atoms with van der Waals surface area (Å²) in [7, 11) is 0. The molecular formula is C21H23N3O3. The van der Waals surface area contributed by atoms with Crippen LogP contribution in [-0.4, -0.2) is 34.4 Å². The number of aryl methyl sites for hydroxylation is 1. The number of benzene rings is 1. The van der Waals surface area contributed by atoms with Gasteiger partial charge in [-0.15, -0.1) is 0 Å². The first-order valence-electron chi connectivity index (χ1n) is 9.32. The molecule has 1 atom stereocenters. The van der Waals surface area contributed by atoms with Crippen LogP contribution in [-0.2, 0) is 22.7 Å². The maximum Gasteiger partial charge on any atom is 0.225 e. The van der Waals surface area contributed by atoms with Gasteiger partial charge in [0.05, 0.1) is 18.7 Å². The van der Waals surface area contributed by atoms with Crippen LogP contribution in [0.2, 0.25) is 0 Å². The van der Waals surface area contributed by atoms with Crippen LogP contribution in [0.15, 0.2) is 59.3 Å². The maximum atomic E-state index is 12.4. The second kappa shape index (κ2) is 7.70. The van der Waals surface area contributed by atoms with Crippen LogP contribution in [0.5, 0.6) is 0 Å². The first-order valence-corrected chi connectivity index (χ1v) is 9.32. The summed E-state index contributed by atoms with van der Waals surface area (Å²) >= 11 is 0. The molecule has 6 heteroatoms. The fourth-order valence-corrected chi connectivity index (χ4v) is 3.63. The lowest BCUT2D eigenvalue weighted by molar-refractivity contribution is -0.129. The van der Waals surface area contributed by atoms with Crippen molar-refractivity contribution in [3.63, 3.8) is 0 Å². The number of nitrogens with one attached hydrogen (secondary N) is 1. The van der Waals surface area contributed by atoms with Gasteiger partial charge in [0.1, 0.15) is 5.76 Å². The minimum absolute atomic E-state index is 0.00496. The Bertz CT molecular complexity index is 929. The monoisotopic (exact) mass is 365 g/mol. The molecule has 2 amide bonds. The van der Waals surface area contributed by atoms with Gasteiger partial charge in [0.2, 0.25) is 11.8 Å². The Morgan fingerprint density at radius 3 is 2.93 bits per heavy atom. The third-order valence-electron chi connectivity index (χ3n) is 5.07. The molecule has 1 unspecified atom stereocenters. The number of hydrogen-bond donors (Lipinski definition) is 1. The predicted octanol–water partition coefficient (Wildman–Crippen LogP) is 2.79. The van der Waals surface area contributed by atoms with Crippen molar-refractivity contribution in [1.82, 2.24) is 14.8 Å². The summed E-state index contributed by atoms with van der Waals surface area (Å²) in [6.07, 6.45) is 4.79. The zero-order valence-corrected chi connectivity index (χ0v) is 15.1. The molecule has 0 radical (unpaired) electrons. The Balaban J connectivity index is 1.23. The second-order valence-corrected chi connectivity index (χ2v) is 6.97. The van der Waals surface area contributed by atoms with E-state index in [1.807, 2.05) is 18.2 Å². The molecular weight excluding hydrogens is 342 g/mol. The maximum absolute atomic E-state index is 12.4. The molecule has 1 saturated heterocycles. The third kappa shape index (κ3) is 3.89. The summed E-state index contributed by atoms with van der Waals surface area (Å²) in [6.45, 7) is 2.33. The largest absolute Gasteiger partial charge is 0.467 e. The molecule has 6 nitrogen and oxygen atoms in total. The molecule has 0 saturated carbocycles. The molecule has 1 aromatic carbocycles. The van der Waals surface area contributed by atoms with Crippen LogP contribution in [0.1, 0.15) is 18.6 Å². The minimum atomic E-state index is -0.278. The number of para-hydroxylation sites is 1. The molecule has 1 aliphatic heterocycles. The molecule has 1 N–H and O–H groups in total. The molecule has 0 spiro atoms. The molecule has 27 heavy (non-hydrogen) atoms. The van der Waals surface area contributed by atoms with Gasteiger partial charge in [0, 0.05) is 37.8 Å². The van der Waals surface area contributed by atoms with Crippen LogP contribution < -0.4 is 5.32 Å². The lowest BCUT2D eigenvalue weighted by Gasteiger charge is -2.15. The second-order valence-electron chi connectivity index (χ2n) is 6.97. The highest BCUT2D eigenvalue weighted by molar-refractivity contribution is 5.89. The van der Waals surface area contributed by atoms with E-state index in [9.17, 15) is 9.59 Å². The molecule has 3 heterocycles. The Labute approximate surface area is 157 Å².